The van der Waals surface area contributed by atoms with Crippen molar-refractivity contribution in [3.63, 3.8) is 0 Å². The van der Waals surface area contributed by atoms with Gasteiger partial charge in [0.25, 0.3) is 0 Å². The monoisotopic (exact) mass is 202 g/mol. The van der Waals surface area contributed by atoms with Crippen LogP contribution in [0.1, 0.15) is 6.42 Å². The highest BCUT2D eigenvalue weighted by molar-refractivity contribution is 6.65. The highest BCUT2D eigenvalue weighted by atomic mass is 19.4. The van der Waals surface area contributed by atoms with Crippen LogP contribution in [0.4, 0.5) is 26.1 Å². The second kappa shape index (κ2) is 1.75. The van der Waals surface area contributed by atoms with Gasteiger partial charge in [-0.3, -0.25) is 4.39 Å². The summed E-state index contributed by atoms with van der Waals surface area (Å²) in [5, 5.41) is -5.07. The summed E-state index contributed by atoms with van der Waals surface area (Å²) < 4.78 is 75.3. The van der Waals surface area contributed by atoms with E-state index in [1.54, 1.807) is 0 Å². The molecule has 3 aliphatic rings. The van der Waals surface area contributed by atoms with Gasteiger partial charge in [-0.05, 0) is 7.85 Å². The third-order valence-corrected chi connectivity index (χ3v) is 2.81. The molecule has 3 unspecified atom stereocenters. The van der Waals surface area contributed by atoms with Crippen LogP contribution in [0.5, 0.6) is 0 Å². The molecule has 0 aromatic rings. The van der Waals surface area contributed by atoms with Gasteiger partial charge in [0.1, 0.15) is 0 Å². The quantitative estimate of drug-likeness (QED) is 0.446. The Labute approximate surface area is 71.1 Å². The van der Waals surface area contributed by atoms with Crippen LogP contribution in [0.25, 0.3) is 0 Å². The fraction of sp³-hybridized carbons (Fsp3) is 1.00. The van der Waals surface area contributed by atoms with Gasteiger partial charge in [0, 0.05) is 5.31 Å². The molecule has 3 rings (SSSR count). The van der Waals surface area contributed by atoms with E-state index in [0.717, 1.165) is 0 Å². The highest BCUT2D eigenvalue weighted by Gasteiger charge is 2.92. The van der Waals surface area contributed by atoms with Gasteiger partial charge in [0.15, 0.2) is 0 Å². The van der Waals surface area contributed by atoms with Gasteiger partial charge in [-0.2, -0.15) is 0 Å². The fourth-order valence-corrected chi connectivity index (χ4v) is 1.82. The van der Waals surface area contributed by atoms with E-state index in [1.807, 2.05) is 0 Å². The molecule has 0 aliphatic heterocycles. The third-order valence-electron chi connectivity index (χ3n) is 2.81. The first kappa shape index (κ1) is 9.27. The number of alkyl halides is 3. The van der Waals surface area contributed by atoms with Crippen molar-refractivity contribution in [3.8, 4) is 0 Å². The average Bonchev–Trinajstić information content (AvgIpc) is 1.97. The van der Waals surface area contributed by atoms with Crippen molar-refractivity contribution in [2.45, 2.75) is 29.1 Å². The molecule has 0 heterocycles. The minimum Gasteiger partial charge on any atom is -0.448 e. The van der Waals surface area contributed by atoms with Gasteiger partial charge in [-0.25, -0.2) is 8.78 Å². The summed E-state index contributed by atoms with van der Waals surface area (Å²) in [6.45, 7) is -5.76. The van der Waals surface area contributed by atoms with Gasteiger partial charge in [0.2, 0.25) is 5.92 Å². The molecule has 0 spiro atoms. The standard InChI is InChI=1S/C5H6B2F6/c6-3-1-4(2(3)8,5(3,9)10)7(11,12)13/h2H,1H2,6H3/q-2. The van der Waals surface area contributed by atoms with Gasteiger partial charge >= 0.3 is 6.98 Å². The smallest absolute Gasteiger partial charge is 0.448 e. The maximum Gasteiger partial charge on any atom is 0.492 e. The van der Waals surface area contributed by atoms with Gasteiger partial charge in [-0.1, -0.05) is 11.7 Å². The van der Waals surface area contributed by atoms with Crippen LogP contribution in [-0.2, 0) is 0 Å². The summed E-state index contributed by atoms with van der Waals surface area (Å²) in [7, 11) is -1.09. The number of rotatable bonds is 1. The van der Waals surface area contributed by atoms with Crippen LogP contribution in [0.15, 0.2) is 0 Å². The van der Waals surface area contributed by atoms with E-state index in [-0.39, 0.29) is 0 Å². The highest BCUT2D eigenvalue weighted by Crippen LogP contribution is 2.93. The number of halogens is 6. The predicted molar refractivity (Wildman–Crippen MR) is 38.9 cm³/mol. The average molecular weight is 202 g/mol. The van der Waals surface area contributed by atoms with Crippen molar-refractivity contribution in [1.29, 1.82) is 0 Å². The lowest BCUT2D eigenvalue weighted by atomic mass is 9.16. The van der Waals surface area contributed by atoms with Crippen LogP contribution < -0.4 is 0 Å². The summed E-state index contributed by atoms with van der Waals surface area (Å²) in [6.07, 6.45) is -2.97. The first-order valence-corrected chi connectivity index (χ1v) is 3.32. The Balaban J connectivity index is 2.40. The van der Waals surface area contributed by atoms with E-state index in [1.165, 1.54) is 0 Å². The fourth-order valence-electron chi connectivity index (χ4n) is 1.82. The molecule has 76 valence electrons. The predicted octanol–water partition coefficient (Wildman–Crippen LogP) is 1.49. The van der Waals surface area contributed by atoms with E-state index in [4.69, 9.17) is 0 Å². The second-order valence-electron chi connectivity index (χ2n) is 3.25. The van der Waals surface area contributed by atoms with Gasteiger partial charge < -0.3 is 12.9 Å². The van der Waals surface area contributed by atoms with Crippen molar-refractivity contribution in [2.24, 2.45) is 0 Å². The molecule has 3 aliphatic carbocycles. The molecule has 0 radical (unpaired) electrons. The van der Waals surface area contributed by atoms with Crippen molar-refractivity contribution >= 4 is 14.8 Å². The van der Waals surface area contributed by atoms with Crippen LogP contribution in [0.3, 0.4) is 0 Å². The Kier molecular flexibility index (Phi) is 1.25. The summed E-state index contributed by atoms with van der Waals surface area (Å²) in [4.78, 5) is 0. The van der Waals surface area contributed by atoms with E-state index in [9.17, 15) is 26.1 Å². The molecule has 2 bridgehead atoms. The lowest BCUT2D eigenvalue weighted by Crippen LogP contribution is -2.84. The summed E-state index contributed by atoms with van der Waals surface area (Å²) in [5.41, 5.74) is 0. The molecular weight excluding hydrogens is 196 g/mol. The molecule has 0 N–H and O–H groups in total. The minimum atomic E-state index is -5.76. The van der Waals surface area contributed by atoms with Gasteiger partial charge in [-0.15, -0.1) is 0 Å². The topological polar surface area (TPSA) is 0 Å². The SMILES string of the molecule is [BH3-]C12CC([B-](F)(F)F)(C1F)C2(F)F. The molecule has 3 atom stereocenters. The molecule has 0 saturated heterocycles. The van der Waals surface area contributed by atoms with Crippen molar-refractivity contribution in [3.05, 3.63) is 0 Å². The zero-order chi connectivity index (χ0) is 10.3. The maximum atomic E-state index is 12.9. The molecule has 0 aromatic heterocycles. The number of hydrogen-bond acceptors (Lipinski definition) is 0. The van der Waals surface area contributed by atoms with E-state index in [2.05, 4.69) is 0 Å². The Morgan fingerprint density at radius 1 is 1.23 bits per heavy atom. The lowest BCUT2D eigenvalue weighted by Gasteiger charge is -2.84. The van der Waals surface area contributed by atoms with Crippen molar-refractivity contribution < 1.29 is 26.1 Å². The van der Waals surface area contributed by atoms with Gasteiger partial charge in [0.05, 0.1) is 6.17 Å². The molecule has 0 aromatic carbocycles. The van der Waals surface area contributed by atoms with E-state index in [0.29, 0.717) is 0 Å². The molecule has 3 saturated carbocycles. The molecule has 13 heavy (non-hydrogen) atoms. The largest absolute Gasteiger partial charge is 0.492 e. The minimum absolute atomic E-state index is 0.655. The Bertz CT molecular complexity index is 275. The lowest BCUT2D eigenvalue weighted by molar-refractivity contribution is -0.308. The van der Waals surface area contributed by atoms with E-state index >= 15 is 0 Å². The van der Waals surface area contributed by atoms with Crippen LogP contribution >= 0.6 is 0 Å². The second-order valence-corrected chi connectivity index (χ2v) is 3.25. The summed E-state index contributed by atoms with van der Waals surface area (Å²) in [6, 6.07) is 0. The third kappa shape index (κ3) is 0.552. The Morgan fingerprint density at radius 3 is 1.85 bits per heavy atom. The Morgan fingerprint density at radius 2 is 1.69 bits per heavy atom. The molecule has 0 nitrogen and oxygen atoms in total. The molecule has 0 amide bonds. The number of hydrogen-bond donors (Lipinski definition) is 0. The summed E-state index contributed by atoms with van der Waals surface area (Å²) in [5.74, 6) is -3.79. The Hall–Kier alpha value is -0.290. The van der Waals surface area contributed by atoms with Crippen molar-refractivity contribution in [2.75, 3.05) is 0 Å². The zero-order valence-electron chi connectivity index (χ0n) is 5.63. The van der Waals surface area contributed by atoms with E-state index < -0.39 is 44.0 Å². The van der Waals surface area contributed by atoms with Crippen LogP contribution in [-0.4, -0.2) is 26.9 Å². The summed E-state index contributed by atoms with van der Waals surface area (Å²) >= 11 is 0. The molecular formula is C5H6B2F6-2. The first-order chi connectivity index (χ1) is 5.61. The van der Waals surface area contributed by atoms with Crippen molar-refractivity contribution in [1.82, 2.24) is 0 Å². The maximum absolute atomic E-state index is 12.9. The first-order valence-electron chi connectivity index (χ1n) is 3.32. The zero-order valence-corrected chi connectivity index (χ0v) is 5.63. The normalized spacial score (nSPS) is 52.4. The van der Waals surface area contributed by atoms with Crippen LogP contribution in [0, 0.1) is 0 Å². The molecule has 8 heteroatoms. The van der Waals surface area contributed by atoms with Crippen LogP contribution in [0.2, 0.25) is 10.6 Å². The molecule has 3 fully saturated rings.